The van der Waals surface area contributed by atoms with Crippen molar-refractivity contribution in [2.24, 2.45) is 0 Å². The van der Waals surface area contributed by atoms with Crippen LogP contribution in [0.25, 0.3) is 16.0 Å². The minimum Gasteiger partial charge on any atom is -0.265 e. The van der Waals surface area contributed by atoms with Gasteiger partial charge in [-0.05, 0) is 48.4 Å². The molecule has 0 saturated carbocycles. The number of aromatic nitrogens is 2. The van der Waals surface area contributed by atoms with Crippen LogP contribution in [0, 0.1) is 17.0 Å². The molecule has 0 aliphatic heterocycles. The Hall–Kier alpha value is -3.52. The Kier molecular flexibility index (Phi) is 10.4. The van der Waals surface area contributed by atoms with Crippen molar-refractivity contribution in [2.45, 2.75) is 11.8 Å². The molecule has 2 heterocycles. The summed E-state index contributed by atoms with van der Waals surface area (Å²) in [6.45, 7) is 1.91. The zero-order chi connectivity index (χ0) is 25.0. The van der Waals surface area contributed by atoms with E-state index in [9.17, 15) is 21.8 Å². The van der Waals surface area contributed by atoms with Gasteiger partial charge in [-0.1, -0.05) is 36.4 Å². The van der Waals surface area contributed by atoms with E-state index in [0.717, 1.165) is 17.7 Å². The maximum absolute atomic E-state index is 12.6. The number of hydrogen-bond acceptors (Lipinski definition) is 6. The summed E-state index contributed by atoms with van der Waals surface area (Å²) >= 11 is 1.25. The third kappa shape index (κ3) is 7.81. The standard InChI is InChI=1S/C18H14N3O4S.C5H5N.FH.Pd/c1-13-6-11-17(19-12-13)16-4-2-3-5-18(16)20-26(24,25)15-9-7-14(8-10-15)21(22)23;1-2-4-6-5-3-1;;/h2-12H,1H3;1-5H;1H;/q-1;;;+2/p-1. The van der Waals surface area contributed by atoms with Crippen molar-refractivity contribution in [3.05, 3.63) is 118 Å². The van der Waals surface area contributed by atoms with Gasteiger partial charge in [-0.25, -0.2) is 8.42 Å². The third-order valence-electron chi connectivity index (χ3n) is 4.22. The molecule has 0 bridgehead atoms. The molecule has 0 fully saturated rings. The number of nitro benzene ring substituents is 1. The first kappa shape index (κ1) is 26.7. The molecule has 0 N–H and O–H groups in total. The predicted octanol–water partition coefficient (Wildman–Crippen LogP) is 5.86. The molecule has 178 valence electrons. The predicted molar refractivity (Wildman–Crippen MR) is 123 cm³/mol. The quantitative estimate of drug-likeness (QED) is 0.168. The van der Waals surface area contributed by atoms with E-state index in [4.69, 9.17) is 0 Å². The maximum atomic E-state index is 12.6. The fourth-order valence-corrected chi connectivity index (χ4v) is 3.64. The van der Waals surface area contributed by atoms with Crippen molar-refractivity contribution >= 4 is 21.4 Å². The van der Waals surface area contributed by atoms with Crippen molar-refractivity contribution in [1.82, 2.24) is 9.97 Å². The number of rotatable bonds is 5. The summed E-state index contributed by atoms with van der Waals surface area (Å²) in [6, 6.07) is 20.8. The molecule has 2 aromatic carbocycles. The molecule has 0 aliphatic rings. The van der Waals surface area contributed by atoms with Gasteiger partial charge in [0, 0.05) is 30.7 Å². The number of non-ortho nitro benzene ring substituents is 1. The third-order valence-corrected chi connectivity index (χ3v) is 5.53. The van der Waals surface area contributed by atoms with Crippen LogP contribution in [0.2, 0.25) is 0 Å². The molecule has 0 radical (unpaired) electrons. The Balaban J connectivity index is 0.000000437. The smallest absolute Gasteiger partial charge is 0.0267 e. The molecule has 4 aromatic rings. The van der Waals surface area contributed by atoms with E-state index in [0.29, 0.717) is 11.3 Å². The van der Waals surface area contributed by atoms with Gasteiger partial charge in [0.05, 0.1) is 15.5 Å². The zero-order valence-electron chi connectivity index (χ0n) is 17.8. The molecule has 0 amide bonds. The van der Waals surface area contributed by atoms with Crippen LogP contribution in [-0.4, -0.2) is 23.3 Å². The largest absolute Gasteiger partial charge is 0.265 e. The van der Waals surface area contributed by atoms with Gasteiger partial charge in [0.1, 0.15) is 10.0 Å². The fraction of sp³-hybridized carbons (Fsp3) is 0.0435. The van der Waals surface area contributed by atoms with E-state index in [1.165, 1.54) is 31.8 Å². The molecule has 8 nitrogen and oxygen atoms in total. The molecular formula is C23H19FN4O4PdS. The number of sulfonamides is 1. The van der Waals surface area contributed by atoms with Crippen LogP contribution in [0.3, 0.4) is 0 Å². The van der Waals surface area contributed by atoms with Gasteiger partial charge in [-0.15, -0.1) is 5.69 Å². The Morgan fingerprint density at radius 1 is 0.912 bits per heavy atom. The van der Waals surface area contributed by atoms with Crippen LogP contribution in [0.15, 0.2) is 102 Å². The number of nitro groups is 1. The summed E-state index contributed by atoms with van der Waals surface area (Å²) in [7, 11) is -4.02. The van der Waals surface area contributed by atoms with E-state index in [1.54, 1.807) is 48.9 Å². The van der Waals surface area contributed by atoms with Crippen molar-refractivity contribution in [3.63, 3.8) is 0 Å². The van der Waals surface area contributed by atoms with E-state index in [1.807, 2.05) is 31.2 Å². The Bertz CT molecular complexity index is 1260. The van der Waals surface area contributed by atoms with E-state index in [-0.39, 0.29) is 16.3 Å². The molecule has 4 rings (SSSR count). The SMILES string of the molecule is Cc1ccc(-c2ccccc2[N-]S(=O)(=O)c2ccc([N+](=O)[O-])cc2)nc1.[F][Pd+].c1ccncc1. The molecule has 11 heteroatoms. The normalized spacial score (nSPS) is 10.1. The van der Waals surface area contributed by atoms with Gasteiger partial charge in [-0.3, -0.25) is 20.1 Å². The summed E-state index contributed by atoms with van der Waals surface area (Å²) in [5, 5.41) is 10.7. The first-order valence-corrected chi connectivity index (χ1v) is 11.6. The number of nitrogens with zero attached hydrogens (tertiary/aromatic N) is 4. The molecule has 0 unspecified atom stereocenters. The van der Waals surface area contributed by atoms with Gasteiger partial charge in [-0.2, -0.15) is 0 Å². The van der Waals surface area contributed by atoms with Crippen molar-refractivity contribution in [1.29, 1.82) is 0 Å². The van der Waals surface area contributed by atoms with Crippen LogP contribution in [0.4, 0.5) is 14.6 Å². The van der Waals surface area contributed by atoms with Crippen LogP contribution < -0.4 is 0 Å². The second kappa shape index (κ2) is 13.3. The maximum Gasteiger partial charge on any atom is 0.0267 e. The summed E-state index contributed by atoms with van der Waals surface area (Å²) < 4.78 is 38.4. The molecule has 0 saturated heterocycles. The van der Waals surface area contributed by atoms with E-state index in [2.05, 4.69) is 14.7 Å². The number of benzene rings is 2. The molecule has 0 atom stereocenters. The van der Waals surface area contributed by atoms with Crippen molar-refractivity contribution < 1.29 is 36.3 Å². The van der Waals surface area contributed by atoms with Gasteiger partial charge < -0.3 is 4.72 Å². The van der Waals surface area contributed by atoms with Gasteiger partial charge >= 0.3 is 22.9 Å². The Morgan fingerprint density at radius 2 is 1.56 bits per heavy atom. The number of pyridine rings is 2. The van der Waals surface area contributed by atoms with E-state index >= 15 is 0 Å². The molecule has 0 aliphatic carbocycles. The van der Waals surface area contributed by atoms with Crippen LogP contribution in [-0.2, 0) is 29.7 Å². The second-order valence-corrected chi connectivity index (χ2v) is 8.18. The topological polar surface area (TPSA) is 117 Å². The summed E-state index contributed by atoms with van der Waals surface area (Å²) in [4.78, 5) is 18.1. The Morgan fingerprint density at radius 3 is 2.06 bits per heavy atom. The van der Waals surface area contributed by atoms with Crippen molar-refractivity contribution in [2.75, 3.05) is 0 Å². The van der Waals surface area contributed by atoms with Crippen LogP contribution in [0.1, 0.15) is 5.56 Å². The number of aryl methyl sites for hydroxylation is 1. The zero-order valence-corrected chi connectivity index (χ0v) is 20.1. The summed E-state index contributed by atoms with van der Waals surface area (Å²) in [5.74, 6) is 0. The minimum absolute atomic E-state index is 0.116. The average Bonchev–Trinajstić information content (AvgIpc) is 2.87. The second-order valence-electron chi connectivity index (χ2n) is 6.58. The van der Waals surface area contributed by atoms with Crippen molar-refractivity contribution in [3.8, 4) is 11.3 Å². The fourth-order valence-electron chi connectivity index (χ4n) is 2.63. The minimum atomic E-state index is -4.02. The number of hydrogen-bond donors (Lipinski definition) is 0. The Labute approximate surface area is 208 Å². The van der Waals surface area contributed by atoms with Gasteiger partial charge in [0.25, 0.3) is 5.69 Å². The average molecular weight is 573 g/mol. The number of halogens is 1. The summed E-state index contributed by atoms with van der Waals surface area (Å²) in [6.07, 6.45) is 5.19. The van der Waals surface area contributed by atoms with Crippen LogP contribution in [0.5, 0.6) is 0 Å². The van der Waals surface area contributed by atoms with Gasteiger partial charge in [0.15, 0.2) is 0 Å². The van der Waals surface area contributed by atoms with Gasteiger partial charge in [0.2, 0.25) is 0 Å². The molecular weight excluding hydrogens is 554 g/mol. The first-order chi connectivity index (χ1) is 16.4. The summed E-state index contributed by atoms with van der Waals surface area (Å²) in [5.41, 5.74) is 2.24. The van der Waals surface area contributed by atoms with E-state index < -0.39 is 14.9 Å². The molecule has 0 spiro atoms. The monoisotopic (exact) mass is 572 g/mol. The first-order valence-electron chi connectivity index (χ1n) is 9.58. The molecule has 34 heavy (non-hydrogen) atoms. The van der Waals surface area contributed by atoms with Crippen LogP contribution >= 0.6 is 0 Å². The molecule has 2 aromatic heterocycles.